The van der Waals surface area contributed by atoms with E-state index in [1.165, 1.54) is 19.1 Å². The number of esters is 1. The van der Waals surface area contributed by atoms with Gasteiger partial charge in [0, 0.05) is 18.1 Å². The van der Waals surface area contributed by atoms with Gasteiger partial charge in [-0.25, -0.2) is 0 Å². The van der Waals surface area contributed by atoms with Crippen LogP contribution in [-0.4, -0.2) is 48.6 Å². The third-order valence-electron chi connectivity index (χ3n) is 6.00. The number of nitrogens with zero attached hydrogens (tertiary/aromatic N) is 2. The van der Waals surface area contributed by atoms with E-state index in [0.29, 0.717) is 16.8 Å². The average molecular weight is 503 g/mol. The highest BCUT2D eigenvalue weighted by atomic mass is 16.5. The molecule has 1 unspecified atom stereocenters. The molecule has 2 aromatic carbocycles. The fraction of sp³-hybridized carbons (Fsp3) is 0.214. The number of ketones is 1. The van der Waals surface area contributed by atoms with Crippen molar-refractivity contribution in [1.82, 2.24) is 4.98 Å². The molecule has 1 amide bonds. The minimum Gasteiger partial charge on any atom is -0.506 e. The number of hydrogen-bond donors (Lipinski definition) is 1. The number of benzene rings is 2. The van der Waals surface area contributed by atoms with Gasteiger partial charge in [0.25, 0.3) is 11.7 Å². The highest BCUT2D eigenvalue weighted by molar-refractivity contribution is 6.51. The summed E-state index contributed by atoms with van der Waals surface area (Å²) in [6.45, 7) is 2.02. The van der Waals surface area contributed by atoms with Gasteiger partial charge in [-0.15, -0.1) is 0 Å². The van der Waals surface area contributed by atoms with Crippen molar-refractivity contribution in [1.29, 1.82) is 0 Å². The van der Waals surface area contributed by atoms with Crippen LogP contribution in [0.1, 0.15) is 29.7 Å². The summed E-state index contributed by atoms with van der Waals surface area (Å²) in [7, 11) is 2.87. The Bertz CT molecular complexity index is 1330. The molecular formula is C28H26N2O7. The molecule has 1 N–H and O–H groups in total. The SMILES string of the molecule is CCOC(=O)Cc1ccc(N2C(=O)C(=O)/C(=C(/O)c3c(OC)cccc3OC)C2c2ccncc2)cc1. The third kappa shape index (κ3) is 4.88. The van der Waals surface area contributed by atoms with E-state index in [9.17, 15) is 19.5 Å². The molecule has 0 radical (unpaired) electrons. The number of amides is 1. The van der Waals surface area contributed by atoms with E-state index in [-0.39, 0.29) is 41.6 Å². The Morgan fingerprint density at radius 2 is 1.59 bits per heavy atom. The molecule has 9 nitrogen and oxygen atoms in total. The maximum atomic E-state index is 13.4. The number of hydrogen-bond acceptors (Lipinski definition) is 8. The number of Topliss-reactive ketones (excluding diaryl/α,β-unsaturated/α-hetero) is 1. The van der Waals surface area contributed by atoms with Gasteiger partial charge in [-0.2, -0.15) is 0 Å². The van der Waals surface area contributed by atoms with E-state index in [0.717, 1.165) is 0 Å². The molecule has 0 aliphatic carbocycles. The minimum absolute atomic E-state index is 0.0777. The summed E-state index contributed by atoms with van der Waals surface area (Å²) in [6.07, 6.45) is 3.16. The number of aliphatic hydroxyl groups is 1. The Morgan fingerprint density at radius 1 is 0.973 bits per heavy atom. The summed E-state index contributed by atoms with van der Waals surface area (Å²) in [4.78, 5) is 44.0. The van der Waals surface area contributed by atoms with Crippen molar-refractivity contribution in [2.45, 2.75) is 19.4 Å². The molecule has 1 saturated heterocycles. The van der Waals surface area contributed by atoms with E-state index in [2.05, 4.69) is 4.98 Å². The summed E-state index contributed by atoms with van der Waals surface area (Å²) in [5, 5.41) is 11.5. The molecule has 1 aliphatic rings. The van der Waals surface area contributed by atoms with Crippen LogP contribution in [0.5, 0.6) is 11.5 Å². The lowest BCUT2D eigenvalue weighted by molar-refractivity contribution is -0.142. The van der Waals surface area contributed by atoms with Crippen LogP contribution in [0.4, 0.5) is 5.69 Å². The molecule has 0 bridgehead atoms. The molecule has 1 aromatic heterocycles. The number of rotatable bonds is 8. The number of pyridine rings is 1. The second kappa shape index (κ2) is 10.9. The van der Waals surface area contributed by atoms with Crippen molar-refractivity contribution in [2.75, 3.05) is 25.7 Å². The molecule has 1 fully saturated rings. The van der Waals surface area contributed by atoms with Crippen molar-refractivity contribution < 1.29 is 33.7 Å². The molecule has 3 aromatic rings. The fourth-order valence-corrected chi connectivity index (χ4v) is 4.33. The first kappa shape index (κ1) is 25.4. The summed E-state index contributed by atoms with van der Waals surface area (Å²) in [6, 6.07) is 14.0. The number of ether oxygens (including phenoxy) is 3. The predicted molar refractivity (Wildman–Crippen MR) is 135 cm³/mol. The normalized spacial score (nSPS) is 16.5. The Labute approximate surface area is 213 Å². The first-order chi connectivity index (χ1) is 17.9. The first-order valence-corrected chi connectivity index (χ1v) is 11.6. The van der Waals surface area contributed by atoms with Gasteiger partial charge >= 0.3 is 5.97 Å². The van der Waals surface area contributed by atoms with Crippen LogP contribution in [-0.2, 0) is 25.5 Å². The Hall–Kier alpha value is -4.66. The number of anilines is 1. The van der Waals surface area contributed by atoms with Gasteiger partial charge in [0.15, 0.2) is 0 Å². The van der Waals surface area contributed by atoms with Crippen LogP contribution in [0.3, 0.4) is 0 Å². The quantitative estimate of drug-likeness (QED) is 0.214. The monoisotopic (exact) mass is 502 g/mol. The number of carbonyl (C=O) groups is 3. The molecule has 1 aliphatic heterocycles. The molecule has 0 saturated carbocycles. The zero-order chi connectivity index (χ0) is 26.5. The summed E-state index contributed by atoms with van der Waals surface area (Å²) >= 11 is 0. The summed E-state index contributed by atoms with van der Waals surface area (Å²) in [5.41, 5.74) is 1.73. The molecule has 2 heterocycles. The lowest BCUT2D eigenvalue weighted by atomic mass is 9.95. The standard InChI is InChI=1S/C28H26N2O7/c1-4-37-22(31)16-17-8-10-19(11-9-17)30-25(18-12-14-29-15-13-18)24(27(33)28(30)34)26(32)23-20(35-2)6-5-7-21(23)36-3/h5-15,25,32H,4,16H2,1-3H3/b26-24+. The molecule has 1 atom stereocenters. The van der Waals surface area contributed by atoms with Gasteiger partial charge in [0.1, 0.15) is 22.8 Å². The van der Waals surface area contributed by atoms with E-state index in [1.54, 1.807) is 73.9 Å². The van der Waals surface area contributed by atoms with E-state index >= 15 is 0 Å². The number of aromatic nitrogens is 1. The van der Waals surface area contributed by atoms with Gasteiger partial charge < -0.3 is 19.3 Å². The lowest BCUT2D eigenvalue weighted by Gasteiger charge is -2.25. The minimum atomic E-state index is -0.950. The Morgan fingerprint density at radius 3 is 2.16 bits per heavy atom. The van der Waals surface area contributed by atoms with Crippen LogP contribution >= 0.6 is 0 Å². The van der Waals surface area contributed by atoms with Crippen molar-refractivity contribution in [2.24, 2.45) is 0 Å². The summed E-state index contributed by atoms with van der Waals surface area (Å²) in [5.74, 6) is -1.90. The summed E-state index contributed by atoms with van der Waals surface area (Å²) < 4.78 is 15.8. The maximum absolute atomic E-state index is 13.4. The molecule has 37 heavy (non-hydrogen) atoms. The van der Waals surface area contributed by atoms with Gasteiger partial charge in [-0.05, 0) is 54.4 Å². The molecule has 9 heteroatoms. The van der Waals surface area contributed by atoms with Crippen LogP contribution in [0.15, 0.2) is 72.6 Å². The van der Waals surface area contributed by atoms with Crippen LogP contribution in [0, 0.1) is 0 Å². The van der Waals surface area contributed by atoms with Gasteiger partial charge in [-0.3, -0.25) is 24.3 Å². The molecule has 0 spiro atoms. The second-order valence-corrected chi connectivity index (χ2v) is 8.14. The largest absolute Gasteiger partial charge is 0.506 e. The Balaban J connectivity index is 1.86. The smallest absolute Gasteiger partial charge is 0.310 e. The van der Waals surface area contributed by atoms with Crippen molar-refractivity contribution >= 4 is 29.1 Å². The Kier molecular flexibility index (Phi) is 7.52. The predicted octanol–water partition coefficient (Wildman–Crippen LogP) is 3.83. The van der Waals surface area contributed by atoms with E-state index in [4.69, 9.17) is 14.2 Å². The number of methoxy groups -OCH3 is 2. The van der Waals surface area contributed by atoms with Crippen LogP contribution in [0.25, 0.3) is 5.76 Å². The highest BCUT2D eigenvalue weighted by Gasteiger charge is 2.47. The van der Waals surface area contributed by atoms with Gasteiger partial charge in [0.05, 0.1) is 38.9 Å². The first-order valence-electron chi connectivity index (χ1n) is 11.6. The van der Waals surface area contributed by atoms with Crippen molar-refractivity contribution in [3.05, 3.63) is 89.3 Å². The zero-order valence-corrected chi connectivity index (χ0v) is 20.6. The zero-order valence-electron chi connectivity index (χ0n) is 20.6. The number of carbonyl (C=O) groups excluding carboxylic acids is 3. The van der Waals surface area contributed by atoms with Gasteiger partial charge in [-0.1, -0.05) is 18.2 Å². The van der Waals surface area contributed by atoms with Crippen molar-refractivity contribution in [3.8, 4) is 11.5 Å². The van der Waals surface area contributed by atoms with Crippen LogP contribution < -0.4 is 14.4 Å². The van der Waals surface area contributed by atoms with Crippen molar-refractivity contribution in [3.63, 3.8) is 0 Å². The molecule has 190 valence electrons. The lowest BCUT2D eigenvalue weighted by Crippen LogP contribution is -2.29. The molecular weight excluding hydrogens is 476 g/mol. The second-order valence-electron chi connectivity index (χ2n) is 8.14. The molecule has 4 rings (SSSR count). The average Bonchev–Trinajstić information content (AvgIpc) is 3.19. The van der Waals surface area contributed by atoms with E-state index in [1.807, 2.05) is 0 Å². The van der Waals surface area contributed by atoms with E-state index < -0.39 is 23.5 Å². The van der Waals surface area contributed by atoms with Crippen LogP contribution in [0.2, 0.25) is 0 Å². The third-order valence-corrected chi connectivity index (χ3v) is 6.00. The number of aliphatic hydroxyl groups excluding tert-OH is 1. The topological polar surface area (TPSA) is 115 Å². The maximum Gasteiger partial charge on any atom is 0.310 e. The highest BCUT2D eigenvalue weighted by Crippen LogP contribution is 2.45. The fourth-order valence-electron chi connectivity index (χ4n) is 4.33. The van der Waals surface area contributed by atoms with Gasteiger partial charge in [0.2, 0.25) is 0 Å².